The third-order valence-electron chi connectivity index (χ3n) is 3.19. The fourth-order valence-electron chi connectivity index (χ4n) is 2.10. The number of hydrogen-bond acceptors (Lipinski definition) is 4. The van der Waals surface area contributed by atoms with Gasteiger partial charge in [0.1, 0.15) is 11.5 Å². The van der Waals surface area contributed by atoms with E-state index >= 15 is 0 Å². The predicted molar refractivity (Wildman–Crippen MR) is 87.4 cm³/mol. The minimum absolute atomic E-state index is 0.0720. The van der Waals surface area contributed by atoms with Crippen LogP contribution in [0.1, 0.15) is 11.1 Å². The topological polar surface area (TPSA) is 73.6 Å². The third kappa shape index (κ3) is 3.91. The Hall–Kier alpha value is -2.69. The molecule has 0 heterocycles. The highest BCUT2D eigenvalue weighted by Gasteiger charge is 2.09. The SMILES string of the molecule is COc1cc(N)ccc1NC(=O)COc1ccc(C)cc1C. The number of amides is 1. The first-order valence-corrected chi connectivity index (χ1v) is 6.93. The van der Waals surface area contributed by atoms with Crippen molar-refractivity contribution in [2.45, 2.75) is 13.8 Å². The van der Waals surface area contributed by atoms with Crippen molar-refractivity contribution in [3.8, 4) is 11.5 Å². The van der Waals surface area contributed by atoms with Gasteiger partial charge in [0.15, 0.2) is 6.61 Å². The van der Waals surface area contributed by atoms with Crippen molar-refractivity contribution in [2.75, 3.05) is 24.8 Å². The number of methoxy groups -OCH3 is 1. The minimum atomic E-state index is -0.261. The van der Waals surface area contributed by atoms with E-state index in [0.29, 0.717) is 22.9 Å². The molecule has 0 saturated heterocycles. The number of carbonyl (C=O) groups excluding carboxylic acids is 1. The Morgan fingerprint density at radius 1 is 1.14 bits per heavy atom. The molecule has 2 rings (SSSR count). The highest BCUT2D eigenvalue weighted by Crippen LogP contribution is 2.26. The minimum Gasteiger partial charge on any atom is -0.494 e. The Morgan fingerprint density at radius 3 is 2.59 bits per heavy atom. The van der Waals surface area contributed by atoms with E-state index in [1.165, 1.54) is 7.11 Å². The smallest absolute Gasteiger partial charge is 0.262 e. The second-order valence-electron chi connectivity index (χ2n) is 5.07. The zero-order valence-electron chi connectivity index (χ0n) is 13.0. The lowest BCUT2D eigenvalue weighted by Gasteiger charge is -2.12. The van der Waals surface area contributed by atoms with Gasteiger partial charge >= 0.3 is 0 Å². The first-order valence-electron chi connectivity index (χ1n) is 6.93. The number of nitrogens with one attached hydrogen (secondary N) is 1. The molecule has 0 aliphatic rings. The molecule has 0 fully saturated rings. The first-order chi connectivity index (χ1) is 10.5. The van der Waals surface area contributed by atoms with Crippen LogP contribution in [0.5, 0.6) is 11.5 Å². The van der Waals surface area contributed by atoms with E-state index in [1.54, 1.807) is 18.2 Å². The monoisotopic (exact) mass is 300 g/mol. The second-order valence-corrected chi connectivity index (χ2v) is 5.07. The molecule has 116 valence electrons. The van der Waals surface area contributed by atoms with E-state index in [9.17, 15) is 4.79 Å². The van der Waals surface area contributed by atoms with Gasteiger partial charge in [-0.15, -0.1) is 0 Å². The lowest BCUT2D eigenvalue weighted by molar-refractivity contribution is -0.118. The average Bonchev–Trinajstić information content (AvgIpc) is 2.48. The molecule has 0 bridgehead atoms. The van der Waals surface area contributed by atoms with Crippen molar-refractivity contribution in [2.24, 2.45) is 0 Å². The number of hydrogen-bond donors (Lipinski definition) is 2. The molecule has 0 aliphatic carbocycles. The molecule has 0 atom stereocenters. The first kappa shape index (κ1) is 15.7. The van der Waals surface area contributed by atoms with Gasteiger partial charge in [-0.1, -0.05) is 17.7 Å². The van der Waals surface area contributed by atoms with Crippen LogP contribution >= 0.6 is 0 Å². The Balaban J connectivity index is 1.98. The van der Waals surface area contributed by atoms with Crippen molar-refractivity contribution in [1.29, 1.82) is 0 Å². The van der Waals surface area contributed by atoms with Crippen LogP contribution in [0.2, 0.25) is 0 Å². The normalized spacial score (nSPS) is 10.1. The summed E-state index contributed by atoms with van der Waals surface area (Å²) in [4.78, 5) is 12.0. The number of aryl methyl sites for hydroxylation is 2. The lowest BCUT2D eigenvalue weighted by Crippen LogP contribution is -2.20. The van der Waals surface area contributed by atoms with Crippen molar-refractivity contribution in [1.82, 2.24) is 0 Å². The van der Waals surface area contributed by atoms with Gasteiger partial charge in [0.25, 0.3) is 5.91 Å². The van der Waals surface area contributed by atoms with E-state index in [4.69, 9.17) is 15.2 Å². The summed E-state index contributed by atoms with van der Waals surface area (Å²) < 4.78 is 10.7. The van der Waals surface area contributed by atoms with E-state index < -0.39 is 0 Å². The maximum Gasteiger partial charge on any atom is 0.262 e. The molecule has 2 aromatic carbocycles. The summed E-state index contributed by atoms with van der Waals surface area (Å²) in [5, 5.41) is 2.75. The number of benzene rings is 2. The summed E-state index contributed by atoms with van der Waals surface area (Å²) in [6, 6.07) is 10.9. The number of anilines is 2. The molecule has 0 aliphatic heterocycles. The third-order valence-corrected chi connectivity index (χ3v) is 3.19. The Labute approximate surface area is 130 Å². The van der Waals surface area contributed by atoms with Crippen LogP contribution in [-0.4, -0.2) is 19.6 Å². The number of rotatable bonds is 5. The second kappa shape index (κ2) is 6.85. The van der Waals surface area contributed by atoms with Gasteiger partial charge in [0.05, 0.1) is 12.8 Å². The Bertz CT molecular complexity index is 684. The van der Waals surface area contributed by atoms with Crippen molar-refractivity contribution < 1.29 is 14.3 Å². The molecule has 5 nitrogen and oxygen atoms in total. The van der Waals surface area contributed by atoms with Crippen LogP contribution in [0.4, 0.5) is 11.4 Å². The molecule has 0 unspecified atom stereocenters. The van der Waals surface area contributed by atoms with Crippen LogP contribution < -0.4 is 20.5 Å². The van der Waals surface area contributed by atoms with Gasteiger partial charge in [0.2, 0.25) is 0 Å². The molecule has 0 saturated carbocycles. The van der Waals surface area contributed by atoms with Crippen molar-refractivity contribution in [3.05, 3.63) is 47.5 Å². The summed E-state index contributed by atoms with van der Waals surface area (Å²) >= 11 is 0. The van der Waals surface area contributed by atoms with Crippen molar-refractivity contribution in [3.63, 3.8) is 0 Å². The highest BCUT2D eigenvalue weighted by molar-refractivity contribution is 5.93. The molecule has 1 amide bonds. The molecule has 0 aromatic heterocycles. The molecule has 22 heavy (non-hydrogen) atoms. The maximum atomic E-state index is 12.0. The van der Waals surface area contributed by atoms with E-state index in [-0.39, 0.29) is 12.5 Å². The van der Waals surface area contributed by atoms with E-state index in [0.717, 1.165) is 11.1 Å². The molecule has 0 radical (unpaired) electrons. The molecule has 0 spiro atoms. The Morgan fingerprint density at radius 2 is 1.91 bits per heavy atom. The lowest BCUT2D eigenvalue weighted by atomic mass is 10.1. The fourth-order valence-corrected chi connectivity index (χ4v) is 2.10. The van der Waals surface area contributed by atoms with E-state index in [1.807, 2.05) is 32.0 Å². The summed E-state index contributed by atoms with van der Waals surface area (Å²) in [6.45, 7) is 3.89. The van der Waals surface area contributed by atoms with Gasteiger partial charge in [-0.05, 0) is 37.6 Å². The quantitative estimate of drug-likeness (QED) is 0.833. The van der Waals surface area contributed by atoms with E-state index in [2.05, 4.69) is 5.32 Å². The van der Waals surface area contributed by atoms with Crippen LogP contribution in [0.15, 0.2) is 36.4 Å². The molecular formula is C17H20N2O3. The molecular weight excluding hydrogens is 280 g/mol. The zero-order valence-corrected chi connectivity index (χ0v) is 13.0. The molecule has 2 aromatic rings. The van der Waals surface area contributed by atoms with Gasteiger partial charge in [-0.25, -0.2) is 0 Å². The number of carbonyl (C=O) groups is 1. The maximum absolute atomic E-state index is 12.0. The standard InChI is InChI=1S/C17H20N2O3/c1-11-4-7-15(12(2)8-11)22-10-17(20)19-14-6-5-13(18)9-16(14)21-3/h4-9H,10,18H2,1-3H3,(H,19,20). The van der Waals surface area contributed by atoms with Crippen LogP contribution in [0, 0.1) is 13.8 Å². The zero-order chi connectivity index (χ0) is 16.1. The van der Waals surface area contributed by atoms with Gasteiger partial charge in [-0.2, -0.15) is 0 Å². The summed E-state index contributed by atoms with van der Waals surface area (Å²) in [5.74, 6) is 0.952. The van der Waals surface area contributed by atoms with Gasteiger partial charge in [-0.3, -0.25) is 4.79 Å². The largest absolute Gasteiger partial charge is 0.494 e. The fraction of sp³-hybridized carbons (Fsp3) is 0.235. The number of ether oxygens (including phenoxy) is 2. The Kier molecular flexibility index (Phi) is 4.88. The van der Waals surface area contributed by atoms with Crippen LogP contribution in [0.25, 0.3) is 0 Å². The van der Waals surface area contributed by atoms with Gasteiger partial charge < -0.3 is 20.5 Å². The average molecular weight is 300 g/mol. The predicted octanol–water partition coefficient (Wildman–Crippen LogP) is 2.91. The summed E-state index contributed by atoms with van der Waals surface area (Å²) in [5.41, 5.74) is 8.96. The summed E-state index contributed by atoms with van der Waals surface area (Å²) in [6.07, 6.45) is 0. The van der Waals surface area contributed by atoms with Crippen LogP contribution in [-0.2, 0) is 4.79 Å². The molecule has 5 heteroatoms. The van der Waals surface area contributed by atoms with Crippen LogP contribution in [0.3, 0.4) is 0 Å². The summed E-state index contributed by atoms with van der Waals surface area (Å²) in [7, 11) is 1.52. The van der Waals surface area contributed by atoms with Gasteiger partial charge in [0, 0.05) is 11.8 Å². The van der Waals surface area contributed by atoms with Crippen molar-refractivity contribution >= 4 is 17.3 Å². The molecule has 3 N–H and O–H groups in total. The highest BCUT2D eigenvalue weighted by atomic mass is 16.5. The number of nitrogen functional groups attached to an aromatic ring is 1. The number of nitrogens with two attached hydrogens (primary N) is 1.